The van der Waals surface area contributed by atoms with E-state index in [4.69, 9.17) is 11.6 Å². The highest BCUT2D eigenvalue weighted by Gasteiger charge is 2.63. The van der Waals surface area contributed by atoms with Crippen LogP contribution in [0.1, 0.15) is 56.6 Å². The molecule has 25 heavy (non-hydrogen) atoms. The Balaban J connectivity index is 1.51. The number of aliphatic hydroxyl groups is 1. The summed E-state index contributed by atoms with van der Waals surface area (Å²) in [6.07, 6.45) is 6.67. The minimum atomic E-state index is -0.747. The van der Waals surface area contributed by atoms with Gasteiger partial charge in [0, 0.05) is 16.7 Å². The Labute approximate surface area is 154 Å². The van der Waals surface area contributed by atoms with Gasteiger partial charge in [0.2, 0.25) is 5.91 Å². The lowest BCUT2D eigenvalue weighted by Crippen LogP contribution is -2.64. The van der Waals surface area contributed by atoms with Gasteiger partial charge in [0.25, 0.3) is 0 Å². The van der Waals surface area contributed by atoms with Crippen molar-refractivity contribution in [2.75, 3.05) is 0 Å². The topological polar surface area (TPSA) is 49.3 Å². The Hall–Kier alpha value is -1.06. The van der Waals surface area contributed by atoms with Crippen molar-refractivity contribution < 1.29 is 9.90 Å². The van der Waals surface area contributed by atoms with Gasteiger partial charge < -0.3 is 10.4 Å². The normalized spacial score (nSPS) is 43.0. The third-order valence-corrected chi connectivity index (χ3v) is 7.52. The Bertz CT molecular complexity index is 690. The number of halogens is 1. The highest BCUT2D eigenvalue weighted by molar-refractivity contribution is 6.24. The van der Waals surface area contributed by atoms with Gasteiger partial charge in [-0.05, 0) is 62.3 Å². The molecule has 4 heteroatoms. The van der Waals surface area contributed by atoms with Crippen molar-refractivity contribution >= 4 is 17.5 Å². The number of nitrogens with one attached hydrogen (secondary N) is 1. The fraction of sp³-hybridized carbons (Fsp3) is 0.667. The quantitative estimate of drug-likeness (QED) is 0.803. The fourth-order valence-electron chi connectivity index (χ4n) is 6.29. The first kappa shape index (κ1) is 16.1. The summed E-state index contributed by atoms with van der Waals surface area (Å²) in [7, 11) is 0. The lowest BCUT2D eigenvalue weighted by Gasteiger charge is -2.63. The molecule has 3 nitrogen and oxygen atoms in total. The number of carbonyl (C=O) groups is 1. The lowest BCUT2D eigenvalue weighted by molar-refractivity contribution is -0.175. The van der Waals surface area contributed by atoms with E-state index in [0.717, 1.165) is 44.1 Å². The average molecular weight is 360 g/mol. The van der Waals surface area contributed by atoms with Gasteiger partial charge in [0.15, 0.2) is 0 Å². The maximum atomic E-state index is 12.6. The molecule has 5 saturated carbocycles. The van der Waals surface area contributed by atoms with E-state index in [9.17, 15) is 9.90 Å². The van der Waals surface area contributed by atoms with E-state index in [1.165, 1.54) is 0 Å². The van der Waals surface area contributed by atoms with Gasteiger partial charge in [-0.25, -0.2) is 0 Å². The van der Waals surface area contributed by atoms with Crippen LogP contribution in [-0.2, 0) is 4.79 Å². The summed E-state index contributed by atoms with van der Waals surface area (Å²) >= 11 is 6.86. The van der Waals surface area contributed by atoms with Crippen LogP contribution in [0.25, 0.3) is 0 Å². The molecule has 0 aliphatic heterocycles. The van der Waals surface area contributed by atoms with E-state index >= 15 is 0 Å². The summed E-state index contributed by atoms with van der Waals surface area (Å²) in [5.74, 6) is 1.35. The van der Waals surface area contributed by atoms with Crippen LogP contribution in [0.15, 0.2) is 30.3 Å². The number of alkyl halides is 1. The van der Waals surface area contributed by atoms with Gasteiger partial charge in [-0.15, -0.1) is 11.6 Å². The Morgan fingerprint density at radius 3 is 2.60 bits per heavy atom. The summed E-state index contributed by atoms with van der Waals surface area (Å²) < 4.78 is 0. The van der Waals surface area contributed by atoms with Crippen LogP contribution in [-0.4, -0.2) is 21.5 Å². The van der Waals surface area contributed by atoms with E-state index in [1.54, 1.807) is 0 Å². The van der Waals surface area contributed by atoms with Crippen LogP contribution >= 0.6 is 11.6 Å². The zero-order chi connectivity index (χ0) is 17.2. The highest BCUT2D eigenvalue weighted by Crippen LogP contribution is 2.64. The van der Waals surface area contributed by atoms with Gasteiger partial charge in [-0.3, -0.25) is 4.79 Å². The lowest BCUT2D eigenvalue weighted by atomic mass is 9.47. The molecule has 5 aliphatic rings. The number of hydrogen-bond donors (Lipinski definition) is 2. The third-order valence-electron chi connectivity index (χ3n) is 7.08. The summed E-state index contributed by atoms with van der Waals surface area (Å²) in [6.45, 7) is 0. The minimum Gasteiger partial charge on any atom is -0.389 e. The van der Waals surface area contributed by atoms with Crippen LogP contribution in [0.4, 0.5) is 0 Å². The Morgan fingerprint density at radius 2 is 1.96 bits per heavy atom. The molecule has 0 heterocycles. The maximum absolute atomic E-state index is 12.6. The van der Waals surface area contributed by atoms with E-state index in [-0.39, 0.29) is 28.7 Å². The highest BCUT2D eigenvalue weighted by atomic mass is 35.5. The third kappa shape index (κ3) is 2.71. The van der Waals surface area contributed by atoms with Crippen molar-refractivity contribution in [1.82, 2.24) is 5.32 Å². The van der Waals surface area contributed by atoms with Crippen LogP contribution in [0.3, 0.4) is 0 Å². The monoisotopic (exact) mass is 359 g/mol. The predicted octanol–water partition coefficient (Wildman–Crippen LogP) is 3.80. The Kier molecular flexibility index (Phi) is 3.53. The number of amides is 1. The molecule has 2 N–H and O–H groups in total. The smallest absolute Gasteiger partial charge is 0.223 e. The fourth-order valence-corrected chi connectivity index (χ4v) is 6.94. The largest absolute Gasteiger partial charge is 0.389 e. The van der Waals surface area contributed by atoms with Crippen molar-refractivity contribution in [2.45, 2.75) is 61.5 Å². The molecule has 1 aromatic carbocycles. The first-order valence-electron chi connectivity index (χ1n) is 9.72. The van der Waals surface area contributed by atoms with E-state index < -0.39 is 5.60 Å². The van der Waals surface area contributed by atoms with E-state index in [2.05, 4.69) is 17.4 Å². The predicted molar refractivity (Wildman–Crippen MR) is 97.1 cm³/mol. The standard InChI is InChI=1S/C21H26ClNO2/c22-20-9-13-8-16(11-20)17(21(25,10-13)12-20)18(14-4-2-1-3-5-14)23-19(24)15-6-7-15/h1-5,13,15-18,25H,6-12H2,(H,23,24)/t13?,16?,17-,18+,20+,21+/m1/s1. The second kappa shape index (κ2) is 5.47. The van der Waals surface area contributed by atoms with Crippen LogP contribution < -0.4 is 5.32 Å². The van der Waals surface area contributed by atoms with Gasteiger partial charge in [0.1, 0.15) is 0 Å². The van der Waals surface area contributed by atoms with Crippen molar-refractivity contribution in [3.8, 4) is 0 Å². The summed E-state index contributed by atoms with van der Waals surface area (Å²) in [5.41, 5.74) is 0.370. The Morgan fingerprint density at radius 1 is 1.20 bits per heavy atom. The molecule has 5 fully saturated rings. The van der Waals surface area contributed by atoms with Crippen molar-refractivity contribution in [2.24, 2.45) is 23.7 Å². The number of carbonyl (C=O) groups excluding carboxylic acids is 1. The molecule has 6 rings (SSSR count). The minimum absolute atomic E-state index is 0.0704. The second-order valence-corrected chi connectivity index (χ2v) is 9.90. The molecule has 6 atom stereocenters. The zero-order valence-electron chi connectivity index (χ0n) is 14.5. The van der Waals surface area contributed by atoms with Crippen LogP contribution in [0.2, 0.25) is 0 Å². The first-order valence-corrected chi connectivity index (χ1v) is 10.1. The van der Waals surface area contributed by atoms with Gasteiger partial charge in [-0.2, -0.15) is 0 Å². The van der Waals surface area contributed by atoms with E-state index in [0.29, 0.717) is 18.3 Å². The van der Waals surface area contributed by atoms with Crippen molar-refractivity contribution in [3.63, 3.8) is 0 Å². The maximum Gasteiger partial charge on any atom is 0.223 e. The average Bonchev–Trinajstić information content (AvgIpc) is 3.36. The molecule has 0 spiro atoms. The van der Waals surface area contributed by atoms with Crippen LogP contribution in [0, 0.1) is 23.7 Å². The number of hydrogen-bond acceptors (Lipinski definition) is 2. The molecule has 0 saturated heterocycles. The molecule has 4 bridgehead atoms. The molecule has 0 radical (unpaired) electrons. The number of rotatable bonds is 4. The summed E-state index contributed by atoms with van der Waals surface area (Å²) in [4.78, 5) is 12.3. The zero-order valence-corrected chi connectivity index (χ0v) is 15.2. The van der Waals surface area contributed by atoms with Gasteiger partial charge in [0.05, 0.1) is 11.6 Å². The van der Waals surface area contributed by atoms with E-state index in [1.807, 2.05) is 18.2 Å². The molecule has 5 aliphatic carbocycles. The first-order chi connectivity index (χ1) is 12.0. The van der Waals surface area contributed by atoms with Gasteiger partial charge in [-0.1, -0.05) is 30.3 Å². The summed E-state index contributed by atoms with van der Waals surface area (Å²) in [6, 6.07) is 10.1. The van der Waals surface area contributed by atoms with Crippen LogP contribution in [0.5, 0.6) is 0 Å². The van der Waals surface area contributed by atoms with Crippen molar-refractivity contribution in [1.29, 1.82) is 0 Å². The van der Waals surface area contributed by atoms with Gasteiger partial charge >= 0.3 is 0 Å². The molecular weight excluding hydrogens is 334 g/mol. The van der Waals surface area contributed by atoms with Crippen molar-refractivity contribution in [3.05, 3.63) is 35.9 Å². The SMILES string of the molecule is O=C(N[C@@H](c1ccccc1)[C@H]1C2CC3C[C@](Cl)(C2)C[C@@]1(O)C3)C1CC1. The second-order valence-electron chi connectivity index (χ2n) is 9.10. The number of benzene rings is 1. The molecule has 1 aromatic rings. The summed E-state index contributed by atoms with van der Waals surface area (Å²) in [5, 5.41) is 14.9. The molecule has 134 valence electrons. The molecule has 2 unspecified atom stereocenters. The molecular formula is C21H26ClNO2. The molecule has 0 aromatic heterocycles. The molecule has 1 amide bonds.